The van der Waals surface area contributed by atoms with Crippen LogP contribution in [0.25, 0.3) is 0 Å². The van der Waals surface area contributed by atoms with E-state index >= 15 is 0 Å². The molecular formula is C22H21ClN4O4S. The van der Waals surface area contributed by atoms with E-state index in [0.29, 0.717) is 28.9 Å². The summed E-state index contributed by atoms with van der Waals surface area (Å²) in [6.07, 6.45) is 2.72. The standard InChI is InChI=1S/C22H21ClN4O4S/c1-32(29,30)13-12-26-15-20(27(22(26)28)18-9-7-17(23)8-10-18)16-4-2-5-19(14-16)31-21-6-3-11-24-25-21/h2-11,14,20H,12-13,15H2,1H3. The molecular weight excluding hydrogens is 452 g/mol. The minimum atomic E-state index is -3.21. The molecule has 32 heavy (non-hydrogen) atoms. The third-order valence-electron chi connectivity index (χ3n) is 5.03. The first-order valence-corrected chi connectivity index (χ1v) is 12.3. The van der Waals surface area contributed by atoms with E-state index in [1.165, 1.54) is 0 Å². The number of ether oxygens (including phenoxy) is 1. The van der Waals surface area contributed by atoms with Crippen molar-refractivity contribution in [3.05, 3.63) is 77.4 Å². The van der Waals surface area contributed by atoms with Gasteiger partial charge < -0.3 is 9.64 Å². The summed E-state index contributed by atoms with van der Waals surface area (Å²) < 4.78 is 29.1. The predicted molar refractivity (Wildman–Crippen MR) is 122 cm³/mol. The highest BCUT2D eigenvalue weighted by Gasteiger charge is 2.39. The molecule has 3 aromatic rings. The number of urea groups is 1. The maximum absolute atomic E-state index is 13.2. The van der Waals surface area contributed by atoms with Crippen molar-refractivity contribution < 1.29 is 17.9 Å². The number of halogens is 1. The number of amides is 2. The molecule has 0 spiro atoms. The summed E-state index contributed by atoms with van der Waals surface area (Å²) in [6.45, 7) is 0.458. The molecule has 2 heterocycles. The van der Waals surface area contributed by atoms with E-state index in [2.05, 4.69) is 10.2 Å². The molecule has 1 fully saturated rings. The van der Waals surface area contributed by atoms with Crippen LogP contribution >= 0.6 is 11.6 Å². The summed E-state index contributed by atoms with van der Waals surface area (Å²) in [4.78, 5) is 16.4. The maximum Gasteiger partial charge on any atom is 0.325 e. The van der Waals surface area contributed by atoms with Crippen LogP contribution in [0.2, 0.25) is 5.02 Å². The topological polar surface area (TPSA) is 92.7 Å². The van der Waals surface area contributed by atoms with Crippen molar-refractivity contribution in [2.45, 2.75) is 6.04 Å². The summed E-state index contributed by atoms with van der Waals surface area (Å²) in [5, 5.41) is 8.29. The largest absolute Gasteiger partial charge is 0.438 e. The van der Waals surface area contributed by atoms with Crippen LogP contribution in [0.5, 0.6) is 11.6 Å². The number of carbonyl (C=O) groups is 1. The minimum Gasteiger partial charge on any atom is -0.438 e. The minimum absolute atomic E-state index is 0.101. The molecule has 0 bridgehead atoms. The average Bonchev–Trinajstić information content (AvgIpc) is 3.10. The van der Waals surface area contributed by atoms with Gasteiger partial charge in [-0.25, -0.2) is 13.2 Å². The SMILES string of the molecule is CS(=O)(=O)CCN1CC(c2cccc(Oc3cccnn3)c2)N(c2ccc(Cl)cc2)C1=O. The number of sulfone groups is 1. The van der Waals surface area contributed by atoms with Crippen LogP contribution in [-0.4, -0.2) is 54.6 Å². The van der Waals surface area contributed by atoms with Crippen molar-refractivity contribution in [1.82, 2.24) is 15.1 Å². The lowest BCUT2D eigenvalue weighted by molar-refractivity contribution is 0.223. The molecule has 2 aromatic carbocycles. The summed E-state index contributed by atoms with van der Waals surface area (Å²) in [5.41, 5.74) is 1.52. The molecule has 1 atom stereocenters. The molecule has 1 unspecified atom stereocenters. The fourth-order valence-corrected chi connectivity index (χ4v) is 4.19. The van der Waals surface area contributed by atoms with Crippen LogP contribution in [0.3, 0.4) is 0 Å². The van der Waals surface area contributed by atoms with E-state index in [9.17, 15) is 13.2 Å². The molecule has 0 radical (unpaired) electrons. The Balaban J connectivity index is 1.65. The van der Waals surface area contributed by atoms with Gasteiger partial charge in [0.25, 0.3) is 0 Å². The zero-order chi connectivity index (χ0) is 22.7. The molecule has 2 amide bonds. The monoisotopic (exact) mass is 472 g/mol. The Bertz CT molecular complexity index is 1210. The summed E-state index contributed by atoms with van der Waals surface area (Å²) in [7, 11) is -3.21. The predicted octanol–water partition coefficient (Wildman–Crippen LogP) is 3.95. The van der Waals surface area contributed by atoms with Crippen LogP contribution in [0.15, 0.2) is 66.9 Å². The highest BCUT2D eigenvalue weighted by molar-refractivity contribution is 7.90. The van der Waals surface area contributed by atoms with Crippen LogP contribution in [0.4, 0.5) is 10.5 Å². The number of anilines is 1. The Morgan fingerprint density at radius 3 is 2.59 bits per heavy atom. The molecule has 1 saturated heterocycles. The second kappa shape index (κ2) is 9.13. The molecule has 1 aliphatic rings. The lowest BCUT2D eigenvalue weighted by Gasteiger charge is -2.24. The number of aromatic nitrogens is 2. The van der Waals surface area contributed by atoms with Gasteiger partial charge in [0.05, 0.1) is 11.8 Å². The first kappa shape index (κ1) is 22.0. The Morgan fingerprint density at radius 2 is 1.91 bits per heavy atom. The average molecular weight is 473 g/mol. The van der Waals surface area contributed by atoms with Gasteiger partial charge in [0.15, 0.2) is 0 Å². The fraction of sp³-hybridized carbons (Fsp3) is 0.227. The van der Waals surface area contributed by atoms with Crippen molar-refractivity contribution >= 4 is 33.2 Å². The van der Waals surface area contributed by atoms with Gasteiger partial charge in [-0.1, -0.05) is 23.7 Å². The maximum atomic E-state index is 13.2. The fourth-order valence-electron chi connectivity index (χ4n) is 3.51. The smallest absolute Gasteiger partial charge is 0.325 e. The first-order valence-electron chi connectivity index (χ1n) is 9.87. The molecule has 0 saturated carbocycles. The second-order valence-corrected chi connectivity index (χ2v) is 10.2. The van der Waals surface area contributed by atoms with Gasteiger partial charge in [-0.15, -0.1) is 5.10 Å². The Labute approximate surface area is 191 Å². The van der Waals surface area contributed by atoms with E-state index in [4.69, 9.17) is 16.3 Å². The van der Waals surface area contributed by atoms with Gasteiger partial charge in [0, 0.05) is 42.3 Å². The number of rotatable bonds is 7. The number of hydrogen-bond donors (Lipinski definition) is 0. The van der Waals surface area contributed by atoms with Crippen molar-refractivity contribution in [2.24, 2.45) is 0 Å². The van der Waals surface area contributed by atoms with Crippen LogP contribution < -0.4 is 9.64 Å². The Morgan fingerprint density at radius 1 is 1.12 bits per heavy atom. The molecule has 1 aliphatic heterocycles. The lowest BCUT2D eigenvalue weighted by Crippen LogP contribution is -2.35. The Kier molecular flexibility index (Phi) is 6.29. The molecule has 0 aliphatic carbocycles. The van der Waals surface area contributed by atoms with Gasteiger partial charge in [-0.3, -0.25) is 4.90 Å². The van der Waals surface area contributed by atoms with Crippen molar-refractivity contribution in [1.29, 1.82) is 0 Å². The van der Waals surface area contributed by atoms with Crippen LogP contribution in [0.1, 0.15) is 11.6 Å². The molecule has 4 rings (SSSR count). The zero-order valence-corrected chi connectivity index (χ0v) is 18.8. The molecule has 8 nitrogen and oxygen atoms in total. The highest BCUT2D eigenvalue weighted by Crippen LogP contribution is 2.36. The van der Waals surface area contributed by atoms with Crippen molar-refractivity contribution in [2.75, 3.05) is 30.0 Å². The summed E-state index contributed by atoms with van der Waals surface area (Å²) in [6, 6.07) is 17.2. The zero-order valence-electron chi connectivity index (χ0n) is 17.3. The number of nitrogens with zero attached hydrogens (tertiary/aromatic N) is 4. The first-order chi connectivity index (χ1) is 15.3. The van der Waals surface area contributed by atoms with Crippen molar-refractivity contribution in [3.63, 3.8) is 0 Å². The van der Waals surface area contributed by atoms with Gasteiger partial charge in [0.1, 0.15) is 15.6 Å². The van der Waals surface area contributed by atoms with Crippen molar-refractivity contribution in [3.8, 4) is 11.6 Å². The third-order valence-corrected chi connectivity index (χ3v) is 6.21. The quantitative estimate of drug-likeness (QED) is 0.517. The summed E-state index contributed by atoms with van der Waals surface area (Å²) in [5.74, 6) is 0.813. The second-order valence-electron chi connectivity index (χ2n) is 7.46. The number of benzene rings is 2. The van der Waals surface area contributed by atoms with E-state index in [-0.39, 0.29) is 24.4 Å². The Hall–Kier alpha value is -3.17. The van der Waals surface area contributed by atoms with Crippen LogP contribution in [0, 0.1) is 0 Å². The van der Waals surface area contributed by atoms with Gasteiger partial charge in [-0.2, -0.15) is 5.10 Å². The highest BCUT2D eigenvalue weighted by atomic mass is 35.5. The molecule has 166 valence electrons. The van der Waals surface area contributed by atoms with Crippen LogP contribution in [-0.2, 0) is 9.84 Å². The summed E-state index contributed by atoms with van der Waals surface area (Å²) >= 11 is 6.03. The molecule has 10 heteroatoms. The van der Waals surface area contributed by atoms with E-state index in [0.717, 1.165) is 11.8 Å². The van der Waals surface area contributed by atoms with E-state index in [1.807, 2.05) is 18.2 Å². The van der Waals surface area contributed by atoms with E-state index < -0.39 is 9.84 Å². The lowest BCUT2D eigenvalue weighted by atomic mass is 10.1. The third kappa shape index (κ3) is 5.17. The van der Waals surface area contributed by atoms with Gasteiger partial charge in [-0.05, 0) is 48.0 Å². The van der Waals surface area contributed by atoms with E-state index in [1.54, 1.807) is 58.5 Å². The van der Waals surface area contributed by atoms with Gasteiger partial charge in [0.2, 0.25) is 5.88 Å². The molecule has 1 aromatic heterocycles. The normalized spacial score (nSPS) is 16.4. The molecule has 0 N–H and O–H groups in total. The number of hydrogen-bond acceptors (Lipinski definition) is 6. The van der Waals surface area contributed by atoms with Gasteiger partial charge >= 0.3 is 6.03 Å². The number of carbonyl (C=O) groups excluding carboxylic acids is 1.